The van der Waals surface area contributed by atoms with E-state index in [0.717, 1.165) is 11.3 Å². The van der Waals surface area contributed by atoms with Gasteiger partial charge in [0.2, 0.25) is 0 Å². The lowest BCUT2D eigenvalue weighted by Gasteiger charge is -2.09. The monoisotopic (exact) mass is 461 g/mol. The van der Waals surface area contributed by atoms with Crippen molar-refractivity contribution in [3.05, 3.63) is 83.1 Å². The second kappa shape index (κ2) is 8.02. The molecule has 3 aromatic carbocycles. The largest absolute Gasteiger partial charge is 0.298 e. The number of anilines is 2. The summed E-state index contributed by atoms with van der Waals surface area (Å²) in [4.78, 5) is 16.7. The highest BCUT2D eigenvalue weighted by molar-refractivity contribution is 7.92. The molecule has 1 amide bonds. The van der Waals surface area contributed by atoms with E-state index in [9.17, 15) is 17.6 Å². The molecule has 0 bridgehead atoms. The maximum absolute atomic E-state index is 13.8. The van der Waals surface area contributed by atoms with E-state index >= 15 is 0 Å². The third-order valence-corrected chi connectivity index (χ3v) is 6.68. The predicted octanol–water partition coefficient (Wildman–Crippen LogP) is 5.14. The Bertz CT molecular complexity index is 1360. The molecule has 0 unspecified atom stereocenters. The number of hydrogen-bond acceptors (Lipinski definition) is 5. The SMILES string of the molecule is O=C(Nc1nc2c(F)cccc2s1)c1cccc(NS(=O)(=O)c2ccc(Cl)cc2)c1. The molecule has 10 heteroatoms. The van der Waals surface area contributed by atoms with Crippen molar-refractivity contribution >= 4 is 59.9 Å². The van der Waals surface area contributed by atoms with Gasteiger partial charge in [0.25, 0.3) is 15.9 Å². The third-order valence-electron chi connectivity index (χ3n) is 4.09. The van der Waals surface area contributed by atoms with Crippen molar-refractivity contribution in [1.29, 1.82) is 0 Å². The van der Waals surface area contributed by atoms with E-state index in [0.29, 0.717) is 9.72 Å². The van der Waals surface area contributed by atoms with Crippen molar-refractivity contribution in [1.82, 2.24) is 4.98 Å². The first kappa shape index (κ1) is 20.3. The van der Waals surface area contributed by atoms with Gasteiger partial charge in [0.1, 0.15) is 11.3 Å². The van der Waals surface area contributed by atoms with Gasteiger partial charge in [-0.2, -0.15) is 0 Å². The van der Waals surface area contributed by atoms with Crippen molar-refractivity contribution in [3.8, 4) is 0 Å². The molecule has 0 saturated heterocycles. The van der Waals surface area contributed by atoms with E-state index < -0.39 is 21.7 Å². The van der Waals surface area contributed by atoms with E-state index in [-0.39, 0.29) is 26.8 Å². The van der Waals surface area contributed by atoms with Gasteiger partial charge in [-0.3, -0.25) is 14.8 Å². The van der Waals surface area contributed by atoms with E-state index in [1.807, 2.05) is 0 Å². The average Bonchev–Trinajstić information content (AvgIpc) is 3.12. The van der Waals surface area contributed by atoms with E-state index in [2.05, 4.69) is 15.0 Å². The standard InChI is InChI=1S/C20H13ClFN3O3S2/c21-13-7-9-15(10-8-13)30(27,28)25-14-4-1-3-12(11-14)19(26)24-20-23-18-16(22)5-2-6-17(18)29-20/h1-11,25H,(H,23,24,26). The summed E-state index contributed by atoms with van der Waals surface area (Å²) in [6, 6.07) is 16.3. The van der Waals surface area contributed by atoms with E-state index in [4.69, 9.17) is 11.6 Å². The molecule has 0 radical (unpaired) electrons. The van der Waals surface area contributed by atoms with Crippen LogP contribution in [0.3, 0.4) is 0 Å². The second-order valence-corrected chi connectivity index (χ2v) is 9.35. The summed E-state index contributed by atoms with van der Waals surface area (Å²) in [5, 5.41) is 3.27. The zero-order chi connectivity index (χ0) is 21.3. The van der Waals surface area contributed by atoms with Crippen LogP contribution in [0.15, 0.2) is 71.6 Å². The predicted molar refractivity (Wildman–Crippen MR) is 116 cm³/mol. The number of fused-ring (bicyclic) bond motifs is 1. The molecule has 30 heavy (non-hydrogen) atoms. The lowest BCUT2D eigenvalue weighted by atomic mass is 10.2. The fourth-order valence-corrected chi connectivity index (χ4v) is 4.74. The Morgan fingerprint density at radius 3 is 2.50 bits per heavy atom. The Morgan fingerprint density at radius 1 is 1.03 bits per heavy atom. The van der Waals surface area contributed by atoms with Crippen molar-refractivity contribution < 1.29 is 17.6 Å². The average molecular weight is 462 g/mol. The van der Waals surface area contributed by atoms with Gasteiger partial charge in [-0.05, 0) is 54.6 Å². The Morgan fingerprint density at radius 2 is 1.77 bits per heavy atom. The molecular weight excluding hydrogens is 449 g/mol. The van der Waals surface area contributed by atoms with Crippen LogP contribution < -0.4 is 10.0 Å². The Labute approximate surface area is 180 Å². The van der Waals surface area contributed by atoms with Gasteiger partial charge in [0.15, 0.2) is 5.13 Å². The topological polar surface area (TPSA) is 88.2 Å². The highest BCUT2D eigenvalue weighted by Crippen LogP contribution is 2.28. The van der Waals surface area contributed by atoms with Crippen molar-refractivity contribution in [2.24, 2.45) is 0 Å². The minimum Gasteiger partial charge on any atom is -0.298 e. The quantitative estimate of drug-likeness (QED) is 0.430. The first-order valence-corrected chi connectivity index (χ1v) is 11.2. The molecule has 0 aliphatic rings. The van der Waals surface area contributed by atoms with Gasteiger partial charge in [-0.25, -0.2) is 17.8 Å². The molecule has 4 aromatic rings. The van der Waals surface area contributed by atoms with Crippen LogP contribution in [0.1, 0.15) is 10.4 Å². The smallest absolute Gasteiger partial charge is 0.261 e. The molecule has 0 aliphatic heterocycles. The van der Waals surface area contributed by atoms with Gasteiger partial charge in [-0.1, -0.05) is 35.1 Å². The number of carbonyl (C=O) groups excluding carboxylic acids is 1. The molecule has 0 fully saturated rings. The molecule has 1 aromatic heterocycles. The van der Waals surface area contributed by atoms with Gasteiger partial charge < -0.3 is 0 Å². The second-order valence-electron chi connectivity index (χ2n) is 6.20. The normalized spacial score (nSPS) is 11.4. The van der Waals surface area contributed by atoms with Crippen LogP contribution in [0.2, 0.25) is 5.02 Å². The van der Waals surface area contributed by atoms with Crippen molar-refractivity contribution in [2.45, 2.75) is 4.90 Å². The fourth-order valence-electron chi connectivity index (χ4n) is 2.69. The molecule has 4 rings (SSSR count). The minimum atomic E-state index is -3.85. The summed E-state index contributed by atoms with van der Waals surface area (Å²) in [5.41, 5.74) is 0.612. The van der Waals surface area contributed by atoms with E-state index in [1.54, 1.807) is 18.2 Å². The fraction of sp³-hybridized carbons (Fsp3) is 0. The molecule has 0 saturated carbocycles. The Balaban J connectivity index is 1.54. The number of nitrogens with one attached hydrogen (secondary N) is 2. The highest BCUT2D eigenvalue weighted by atomic mass is 35.5. The number of benzene rings is 3. The van der Waals surface area contributed by atoms with Gasteiger partial charge in [0, 0.05) is 16.3 Å². The first-order valence-electron chi connectivity index (χ1n) is 8.57. The highest BCUT2D eigenvalue weighted by Gasteiger charge is 2.16. The summed E-state index contributed by atoms with van der Waals surface area (Å²) in [6.07, 6.45) is 0. The summed E-state index contributed by atoms with van der Waals surface area (Å²) < 4.78 is 41.9. The molecule has 0 spiro atoms. The van der Waals surface area contributed by atoms with Crippen LogP contribution in [0.4, 0.5) is 15.2 Å². The summed E-state index contributed by atoms with van der Waals surface area (Å²) in [5.74, 6) is -0.968. The number of amides is 1. The third kappa shape index (κ3) is 4.28. The maximum Gasteiger partial charge on any atom is 0.261 e. The molecule has 2 N–H and O–H groups in total. The van der Waals surface area contributed by atoms with Crippen LogP contribution in [-0.2, 0) is 10.0 Å². The number of sulfonamides is 1. The molecule has 0 atom stereocenters. The maximum atomic E-state index is 13.8. The van der Waals surface area contributed by atoms with E-state index in [1.165, 1.54) is 48.5 Å². The molecular formula is C20H13ClFN3O3S2. The summed E-state index contributed by atoms with van der Waals surface area (Å²) in [6.45, 7) is 0. The lowest BCUT2D eigenvalue weighted by Crippen LogP contribution is -2.15. The van der Waals surface area contributed by atoms with Crippen LogP contribution in [0.25, 0.3) is 10.2 Å². The van der Waals surface area contributed by atoms with Crippen LogP contribution in [-0.4, -0.2) is 19.3 Å². The molecule has 152 valence electrons. The number of carbonyl (C=O) groups is 1. The number of para-hydroxylation sites is 1. The van der Waals surface area contributed by atoms with Gasteiger partial charge in [0.05, 0.1) is 9.60 Å². The molecule has 1 heterocycles. The zero-order valence-electron chi connectivity index (χ0n) is 15.1. The van der Waals surface area contributed by atoms with Gasteiger partial charge >= 0.3 is 0 Å². The molecule has 0 aliphatic carbocycles. The van der Waals surface area contributed by atoms with Crippen molar-refractivity contribution in [3.63, 3.8) is 0 Å². The lowest BCUT2D eigenvalue weighted by molar-refractivity contribution is 0.102. The minimum absolute atomic E-state index is 0.0401. The number of thiazole rings is 1. The Hall–Kier alpha value is -3.01. The summed E-state index contributed by atoms with van der Waals surface area (Å²) >= 11 is 6.94. The molecule has 6 nitrogen and oxygen atoms in total. The number of aromatic nitrogens is 1. The number of halogens is 2. The van der Waals surface area contributed by atoms with Crippen LogP contribution in [0, 0.1) is 5.82 Å². The number of rotatable bonds is 5. The van der Waals surface area contributed by atoms with Crippen LogP contribution >= 0.6 is 22.9 Å². The summed E-state index contributed by atoms with van der Waals surface area (Å²) in [7, 11) is -3.85. The number of hydrogen-bond donors (Lipinski definition) is 2. The Kier molecular flexibility index (Phi) is 5.42. The number of nitrogens with zero attached hydrogens (tertiary/aromatic N) is 1. The van der Waals surface area contributed by atoms with Crippen molar-refractivity contribution in [2.75, 3.05) is 10.0 Å². The first-order chi connectivity index (χ1) is 14.3. The zero-order valence-corrected chi connectivity index (χ0v) is 17.5. The van der Waals surface area contributed by atoms with Gasteiger partial charge in [-0.15, -0.1) is 0 Å². The van der Waals surface area contributed by atoms with Crippen LogP contribution in [0.5, 0.6) is 0 Å².